The van der Waals surface area contributed by atoms with Gasteiger partial charge in [-0.25, -0.2) is 4.39 Å². The van der Waals surface area contributed by atoms with Gasteiger partial charge in [0, 0.05) is 32.2 Å². The first-order valence-electron chi connectivity index (χ1n) is 11.6. The monoisotopic (exact) mass is 612 g/mol. The van der Waals surface area contributed by atoms with Gasteiger partial charge in [-0.05, 0) is 58.5 Å². The third kappa shape index (κ3) is 7.48. The molecule has 10 heteroatoms. The highest BCUT2D eigenvalue weighted by molar-refractivity contribution is 14.1. The largest absolute Gasteiger partial charge is 0.482 e. The molecule has 0 spiro atoms. The van der Waals surface area contributed by atoms with Crippen molar-refractivity contribution in [3.63, 3.8) is 0 Å². The van der Waals surface area contributed by atoms with E-state index in [2.05, 4.69) is 27.9 Å². The van der Waals surface area contributed by atoms with E-state index in [1.165, 1.54) is 24.1 Å². The third-order valence-corrected chi connectivity index (χ3v) is 6.71. The lowest BCUT2D eigenvalue weighted by Gasteiger charge is -2.40. The predicted octanol–water partition coefficient (Wildman–Crippen LogP) is 2.41. The van der Waals surface area contributed by atoms with Crippen LogP contribution >= 0.6 is 22.6 Å². The lowest BCUT2D eigenvalue weighted by Crippen LogP contribution is -2.55. The summed E-state index contributed by atoms with van der Waals surface area (Å²) in [6.07, 6.45) is -0.363. The summed E-state index contributed by atoms with van der Waals surface area (Å²) in [7, 11) is 1.49. The van der Waals surface area contributed by atoms with Gasteiger partial charge < -0.3 is 29.9 Å². The highest BCUT2D eigenvalue weighted by atomic mass is 127. The summed E-state index contributed by atoms with van der Waals surface area (Å²) in [6.45, 7) is 0.131. The van der Waals surface area contributed by atoms with E-state index in [4.69, 9.17) is 14.6 Å². The zero-order valence-electron chi connectivity index (χ0n) is 19.9. The van der Waals surface area contributed by atoms with Crippen molar-refractivity contribution in [1.82, 2.24) is 10.2 Å². The van der Waals surface area contributed by atoms with Crippen molar-refractivity contribution in [2.45, 2.75) is 37.6 Å². The van der Waals surface area contributed by atoms with Crippen LogP contribution in [-0.2, 0) is 20.9 Å². The zero-order valence-corrected chi connectivity index (χ0v) is 22.1. The topological polar surface area (TPSA) is 108 Å². The summed E-state index contributed by atoms with van der Waals surface area (Å²) in [5.41, 5.74) is 1.00. The van der Waals surface area contributed by atoms with Crippen molar-refractivity contribution in [2.75, 3.05) is 26.9 Å². The minimum Gasteiger partial charge on any atom is -0.482 e. The average molecular weight is 612 g/mol. The molecule has 2 aromatic rings. The number of ether oxygens (including phenoxy) is 2. The molecule has 0 radical (unpaired) electrons. The second-order valence-corrected chi connectivity index (χ2v) is 9.50. The fourth-order valence-corrected chi connectivity index (χ4v) is 4.49. The second kappa shape index (κ2) is 13.7. The van der Waals surface area contributed by atoms with Crippen LogP contribution < -0.4 is 10.1 Å². The van der Waals surface area contributed by atoms with Gasteiger partial charge >= 0.3 is 0 Å². The van der Waals surface area contributed by atoms with Gasteiger partial charge in [0.25, 0.3) is 0 Å². The summed E-state index contributed by atoms with van der Waals surface area (Å²) in [4.78, 5) is 27.6. The fraction of sp³-hybridized carbons (Fsp3) is 0.385. The zero-order chi connectivity index (χ0) is 26.1. The summed E-state index contributed by atoms with van der Waals surface area (Å²) < 4.78 is 25.5. The van der Waals surface area contributed by atoms with E-state index in [1.807, 2.05) is 12.1 Å². The molecule has 1 aliphatic rings. The number of hydrogen-bond acceptors (Lipinski definition) is 6. The van der Waals surface area contributed by atoms with E-state index in [-0.39, 0.29) is 45.1 Å². The average Bonchev–Trinajstić information content (AvgIpc) is 2.88. The molecule has 2 amide bonds. The first-order valence-corrected chi connectivity index (χ1v) is 12.6. The Kier molecular flexibility index (Phi) is 10.7. The van der Waals surface area contributed by atoms with E-state index in [0.29, 0.717) is 16.9 Å². The molecular weight excluding hydrogens is 582 g/mol. The Morgan fingerprint density at radius 2 is 1.92 bits per heavy atom. The molecule has 0 heterocycles. The number of carbonyl (C=O) groups is 2. The number of halogens is 2. The van der Waals surface area contributed by atoms with E-state index < -0.39 is 30.0 Å². The van der Waals surface area contributed by atoms with E-state index in [1.54, 1.807) is 30.3 Å². The number of amides is 2. The van der Waals surface area contributed by atoms with Gasteiger partial charge in [-0.15, -0.1) is 0 Å². The van der Waals surface area contributed by atoms with Gasteiger partial charge in [-0.1, -0.05) is 24.3 Å². The number of methoxy groups -OCH3 is 1. The number of carbonyl (C=O) groups excluding carboxylic acids is 2. The van der Waals surface area contributed by atoms with Gasteiger partial charge in [-0.2, -0.15) is 0 Å². The lowest BCUT2D eigenvalue weighted by molar-refractivity contribution is -0.140. The lowest BCUT2D eigenvalue weighted by atomic mass is 9.87. The molecule has 0 bridgehead atoms. The van der Waals surface area contributed by atoms with Crippen molar-refractivity contribution in [1.29, 1.82) is 0 Å². The molecule has 8 nitrogen and oxygen atoms in total. The summed E-state index contributed by atoms with van der Waals surface area (Å²) in [5.74, 6) is -0.561. The molecule has 3 unspecified atom stereocenters. The van der Waals surface area contributed by atoms with Gasteiger partial charge in [0.1, 0.15) is 23.8 Å². The van der Waals surface area contributed by atoms with Gasteiger partial charge in [0.05, 0.1) is 29.2 Å². The molecule has 3 N–H and O–H groups in total. The number of para-hydroxylation sites is 1. The molecule has 0 saturated carbocycles. The Hall–Kier alpha value is -2.54. The predicted molar refractivity (Wildman–Crippen MR) is 140 cm³/mol. The number of nitrogens with one attached hydrogen (secondary N) is 1. The van der Waals surface area contributed by atoms with Crippen LogP contribution in [0.2, 0.25) is 0 Å². The highest BCUT2D eigenvalue weighted by Gasteiger charge is 2.40. The van der Waals surface area contributed by atoms with Crippen LogP contribution in [-0.4, -0.2) is 72.0 Å². The van der Waals surface area contributed by atoms with Crippen LogP contribution in [0.5, 0.6) is 5.75 Å². The number of aliphatic hydroxyl groups is 2. The Balaban J connectivity index is 1.96. The molecule has 1 aliphatic carbocycles. The smallest absolute Gasteiger partial charge is 0.247 e. The minimum absolute atomic E-state index is 0.0670. The fourth-order valence-electron chi connectivity index (χ4n) is 3.98. The van der Waals surface area contributed by atoms with Crippen LogP contribution in [0.3, 0.4) is 0 Å². The van der Waals surface area contributed by atoms with Crippen LogP contribution in [0.25, 0.3) is 0 Å². The number of rotatable bonds is 11. The van der Waals surface area contributed by atoms with Crippen LogP contribution in [0, 0.1) is 9.39 Å². The van der Waals surface area contributed by atoms with Gasteiger partial charge in [0.2, 0.25) is 11.8 Å². The van der Waals surface area contributed by atoms with E-state index in [9.17, 15) is 19.1 Å². The van der Waals surface area contributed by atoms with Crippen LogP contribution in [0.4, 0.5) is 4.39 Å². The van der Waals surface area contributed by atoms with Crippen molar-refractivity contribution in [3.05, 3.63) is 75.1 Å². The Morgan fingerprint density at radius 1 is 1.19 bits per heavy atom. The third-order valence-electron chi connectivity index (χ3n) is 5.82. The van der Waals surface area contributed by atoms with E-state index in [0.717, 1.165) is 3.57 Å². The highest BCUT2D eigenvalue weighted by Crippen LogP contribution is 2.30. The number of benzene rings is 2. The molecule has 0 saturated heterocycles. The van der Waals surface area contributed by atoms with Crippen LogP contribution in [0.15, 0.2) is 60.2 Å². The summed E-state index contributed by atoms with van der Waals surface area (Å²) in [6, 6.07) is 12.2. The van der Waals surface area contributed by atoms with Crippen molar-refractivity contribution in [2.24, 2.45) is 0 Å². The van der Waals surface area contributed by atoms with Gasteiger partial charge in [0.15, 0.2) is 0 Å². The Bertz CT molecular complexity index is 1060. The summed E-state index contributed by atoms with van der Waals surface area (Å²) >= 11 is 2.12. The molecule has 194 valence electrons. The Morgan fingerprint density at radius 3 is 2.58 bits per heavy atom. The maximum absolute atomic E-state index is 13.5. The second-order valence-electron chi connectivity index (χ2n) is 8.34. The minimum atomic E-state index is -1.15. The standard InChI is InChI=1S/C26H30FIN2O6/c1-35-13-10-24(32)30(16-17-6-8-19(27)9-7-17)21-14-18(26(34)29-11-12-31)15-23(25(21)33)36-22-5-3-2-4-20(22)28/h2-9,15,21,23,25,31,33H,10-14,16H2,1H3,(H,29,34). The molecule has 3 atom stereocenters. The molecule has 3 rings (SSSR count). The summed E-state index contributed by atoms with van der Waals surface area (Å²) in [5, 5.41) is 23.1. The SMILES string of the molecule is COCCC(=O)N(Cc1ccc(F)cc1)C1CC(C(=O)NCCO)=CC(Oc2ccccc2I)C1O. The normalized spacial score (nSPS) is 19.4. The van der Waals surface area contributed by atoms with Crippen molar-refractivity contribution >= 4 is 34.4 Å². The maximum Gasteiger partial charge on any atom is 0.247 e. The Labute approximate surface area is 223 Å². The molecular formula is C26H30FIN2O6. The van der Waals surface area contributed by atoms with Gasteiger partial charge in [-0.3, -0.25) is 9.59 Å². The molecule has 0 fully saturated rings. The number of hydrogen-bond donors (Lipinski definition) is 3. The van der Waals surface area contributed by atoms with Crippen molar-refractivity contribution < 1.29 is 33.7 Å². The quantitative estimate of drug-likeness (QED) is 0.337. The van der Waals surface area contributed by atoms with E-state index >= 15 is 0 Å². The number of nitrogens with zero attached hydrogens (tertiary/aromatic N) is 1. The molecule has 0 aliphatic heterocycles. The maximum atomic E-state index is 13.5. The van der Waals surface area contributed by atoms with Crippen molar-refractivity contribution in [3.8, 4) is 5.75 Å². The molecule has 0 aromatic heterocycles. The van der Waals surface area contributed by atoms with Crippen LogP contribution in [0.1, 0.15) is 18.4 Å². The molecule has 36 heavy (non-hydrogen) atoms. The first kappa shape index (κ1) is 28.0. The first-order chi connectivity index (χ1) is 17.3. The molecule has 2 aromatic carbocycles. The number of aliphatic hydroxyl groups excluding tert-OH is 2.